The molecule has 30 heavy (non-hydrogen) atoms. The average molecular weight is 429 g/mol. The number of halogens is 1. The maximum Gasteiger partial charge on any atom is 0.161 e. The molecule has 162 valence electrons. The smallest absolute Gasteiger partial charge is 0.161 e. The van der Waals surface area contributed by atoms with Crippen molar-refractivity contribution in [3.8, 4) is 22.8 Å². The van der Waals surface area contributed by atoms with Gasteiger partial charge in [0.05, 0.1) is 19.9 Å². The minimum absolute atomic E-state index is 0. The van der Waals surface area contributed by atoms with Crippen molar-refractivity contribution in [1.29, 1.82) is 0 Å². The normalized spacial score (nSPS) is 14.7. The van der Waals surface area contributed by atoms with Crippen LogP contribution in [-0.4, -0.2) is 32.3 Å². The second-order valence-electron chi connectivity index (χ2n) is 8.42. The van der Waals surface area contributed by atoms with Crippen LogP contribution in [0.4, 0.5) is 0 Å². The molecule has 0 spiro atoms. The van der Waals surface area contributed by atoms with Gasteiger partial charge in [0, 0.05) is 16.5 Å². The van der Waals surface area contributed by atoms with Crippen LogP contribution >= 0.6 is 12.4 Å². The zero-order valence-corrected chi connectivity index (χ0v) is 19.4. The van der Waals surface area contributed by atoms with Crippen molar-refractivity contribution in [3.63, 3.8) is 0 Å². The van der Waals surface area contributed by atoms with Crippen LogP contribution in [0.3, 0.4) is 0 Å². The Hall–Kier alpha value is -2.17. The van der Waals surface area contributed by atoms with E-state index in [-0.39, 0.29) is 12.4 Å². The lowest BCUT2D eigenvalue weighted by molar-refractivity contribution is 0.355. The van der Waals surface area contributed by atoms with Crippen LogP contribution in [0, 0.1) is 6.92 Å². The molecule has 2 N–H and O–H groups in total. The van der Waals surface area contributed by atoms with E-state index in [0.717, 1.165) is 30.2 Å². The molecular formula is C25H33ClN2O2. The SMILES string of the molecule is COc1ccc(-c2[nH]c3cc(C)c(C4CCNCC4)cc3c2C(C)C)cc1OC.Cl. The third-order valence-electron chi connectivity index (χ3n) is 6.25. The molecule has 1 aliphatic rings. The highest BCUT2D eigenvalue weighted by Crippen LogP contribution is 2.41. The molecule has 4 nitrogen and oxygen atoms in total. The molecule has 3 aromatic rings. The van der Waals surface area contributed by atoms with Gasteiger partial charge < -0.3 is 19.8 Å². The molecule has 0 radical (unpaired) electrons. The van der Waals surface area contributed by atoms with Gasteiger partial charge in [-0.25, -0.2) is 0 Å². The van der Waals surface area contributed by atoms with Crippen molar-refractivity contribution in [3.05, 3.63) is 47.0 Å². The number of ether oxygens (including phenoxy) is 2. The van der Waals surface area contributed by atoms with Crippen LogP contribution in [0.2, 0.25) is 0 Å². The summed E-state index contributed by atoms with van der Waals surface area (Å²) in [5, 5.41) is 4.84. The van der Waals surface area contributed by atoms with Crippen molar-refractivity contribution >= 4 is 23.3 Å². The van der Waals surface area contributed by atoms with E-state index < -0.39 is 0 Å². The number of benzene rings is 2. The fourth-order valence-electron chi connectivity index (χ4n) is 4.78. The summed E-state index contributed by atoms with van der Waals surface area (Å²) in [5.41, 5.74) is 7.80. The van der Waals surface area contributed by atoms with Crippen molar-refractivity contribution in [2.75, 3.05) is 27.3 Å². The summed E-state index contributed by atoms with van der Waals surface area (Å²) in [6, 6.07) is 10.9. The monoisotopic (exact) mass is 428 g/mol. The predicted octanol–water partition coefficient (Wildman–Crippen LogP) is 6.17. The Labute approximate surface area is 185 Å². The Morgan fingerprint density at radius 3 is 2.30 bits per heavy atom. The van der Waals surface area contributed by atoms with E-state index >= 15 is 0 Å². The van der Waals surface area contributed by atoms with E-state index in [2.05, 4.69) is 55.3 Å². The molecule has 0 aliphatic carbocycles. The van der Waals surface area contributed by atoms with Gasteiger partial charge in [-0.3, -0.25) is 0 Å². The predicted molar refractivity (Wildman–Crippen MR) is 128 cm³/mol. The molecule has 2 heterocycles. The molecule has 1 fully saturated rings. The van der Waals surface area contributed by atoms with Gasteiger partial charge in [-0.2, -0.15) is 0 Å². The number of aromatic nitrogens is 1. The molecule has 1 saturated heterocycles. The van der Waals surface area contributed by atoms with Gasteiger partial charge >= 0.3 is 0 Å². The second-order valence-corrected chi connectivity index (χ2v) is 8.42. The minimum atomic E-state index is 0. The third kappa shape index (κ3) is 4.03. The van der Waals surface area contributed by atoms with Crippen LogP contribution in [-0.2, 0) is 0 Å². The van der Waals surface area contributed by atoms with E-state index in [4.69, 9.17) is 9.47 Å². The molecule has 0 bridgehead atoms. The molecule has 5 heteroatoms. The number of hydrogen-bond donors (Lipinski definition) is 2. The lowest BCUT2D eigenvalue weighted by atomic mass is 9.85. The van der Waals surface area contributed by atoms with Gasteiger partial charge in [0.2, 0.25) is 0 Å². The molecule has 4 rings (SSSR count). The molecular weight excluding hydrogens is 396 g/mol. The van der Waals surface area contributed by atoms with Crippen LogP contribution in [0.5, 0.6) is 11.5 Å². The summed E-state index contributed by atoms with van der Waals surface area (Å²) < 4.78 is 11.0. The summed E-state index contributed by atoms with van der Waals surface area (Å²) >= 11 is 0. The summed E-state index contributed by atoms with van der Waals surface area (Å²) in [6.45, 7) is 9.03. The van der Waals surface area contributed by atoms with Crippen molar-refractivity contribution in [2.24, 2.45) is 0 Å². The number of nitrogens with one attached hydrogen (secondary N) is 2. The van der Waals surface area contributed by atoms with Crippen molar-refractivity contribution in [1.82, 2.24) is 10.3 Å². The number of methoxy groups -OCH3 is 2. The van der Waals surface area contributed by atoms with Crippen LogP contribution in [0.25, 0.3) is 22.2 Å². The van der Waals surface area contributed by atoms with Gasteiger partial charge in [-0.1, -0.05) is 13.8 Å². The first-order valence-electron chi connectivity index (χ1n) is 10.6. The molecule has 0 atom stereocenters. The maximum absolute atomic E-state index is 5.55. The number of piperidine rings is 1. The fourth-order valence-corrected chi connectivity index (χ4v) is 4.78. The van der Waals surface area contributed by atoms with Gasteiger partial charge in [-0.05, 0) is 91.7 Å². The van der Waals surface area contributed by atoms with Crippen LogP contribution in [0.15, 0.2) is 30.3 Å². The Kier molecular flexibility index (Phi) is 6.99. The second kappa shape index (κ2) is 9.32. The van der Waals surface area contributed by atoms with Gasteiger partial charge in [0.15, 0.2) is 11.5 Å². The number of aromatic amines is 1. The summed E-state index contributed by atoms with van der Waals surface area (Å²) in [6.07, 6.45) is 2.44. The number of hydrogen-bond acceptors (Lipinski definition) is 3. The van der Waals surface area contributed by atoms with Crippen molar-refractivity contribution in [2.45, 2.75) is 45.4 Å². The average Bonchev–Trinajstić information content (AvgIpc) is 3.11. The van der Waals surface area contributed by atoms with Crippen molar-refractivity contribution < 1.29 is 9.47 Å². The molecule has 1 aliphatic heterocycles. The number of fused-ring (bicyclic) bond motifs is 1. The fraction of sp³-hybridized carbons (Fsp3) is 0.440. The zero-order chi connectivity index (χ0) is 20.5. The Morgan fingerprint density at radius 1 is 0.967 bits per heavy atom. The van der Waals surface area contributed by atoms with E-state index in [1.54, 1.807) is 14.2 Å². The summed E-state index contributed by atoms with van der Waals surface area (Å²) in [4.78, 5) is 3.71. The molecule has 0 unspecified atom stereocenters. The highest BCUT2D eigenvalue weighted by molar-refractivity contribution is 5.92. The number of rotatable bonds is 5. The lowest BCUT2D eigenvalue weighted by Gasteiger charge is -2.24. The minimum Gasteiger partial charge on any atom is -0.493 e. The third-order valence-corrected chi connectivity index (χ3v) is 6.25. The first-order valence-corrected chi connectivity index (χ1v) is 10.6. The highest BCUT2D eigenvalue weighted by atomic mass is 35.5. The van der Waals surface area contributed by atoms with E-state index in [1.165, 1.54) is 46.1 Å². The summed E-state index contributed by atoms with van der Waals surface area (Å²) in [7, 11) is 3.36. The molecule has 2 aromatic carbocycles. The standard InChI is InChI=1S/C25H32N2O2.ClH/c1-15(2)24-20-14-19(17-8-10-26-11-9-17)16(3)12-21(20)27-25(24)18-6-7-22(28-4)23(13-18)29-5;/h6-7,12-15,17,26-27H,8-11H2,1-5H3;1H. The topological polar surface area (TPSA) is 46.3 Å². The van der Waals surface area contributed by atoms with E-state index in [1.807, 2.05) is 6.07 Å². The van der Waals surface area contributed by atoms with E-state index in [0.29, 0.717) is 11.8 Å². The Balaban J connectivity index is 0.00000256. The molecule has 0 saturated carbocycles. The lowest BCUT2D eigenvalue weighted by Crippen LogP contribution is -2.26. The zero-order valence-electron chi connectivity index (χ0n) is 18.6. The van der Waals surface area contributed by atoms with Crippen LogP contribution in [0.1, 0.15) is 55.2 Å². The first kappa shape index (κ1) is 22.5. The van der Waals surface area contributed by atoms with Gasteiger partial charge in [-0.15, -0.1) is 12.4 Å². The highest BCUT2D eigenvalue weighted by Gasteiger charge is 2.22. The number of aryl methyl sites for hydroxylation is 1. The van der Waals surface area contributed by atoms with Gasteiger partial charge in [0.25, 0.3) is 0 Å². The molecule has 1 aromatic heterocycles. The quantitative estimate of drug-likeness (QED) is 0.510. The maximum atomic E-state index is 5.55. The Bertz CT molecular complexity index is 1020. The van der Waals surface area contributed by atoms with Gasteiger partial charge in [0.1, 0.15) is 0 Å². The molecule has 0 amide bonds. The van der Waals surface area contributed by atoms with E-state index in [9.17, 15) is 0 Å². The summed E-state index contributed by atoms with van der Waals surface area (Å²) in [5.74, 6) is 2.57. The first-order chi connectivity index (χ1) is 14.0. The van der Waals surface area contributed by atoms with Crippen LogP contribution < -0.4 is 14.8 Å². The number of H-pyrrole nitrogens is 1. The largest absolute Gasteiger partial charge is 0.493 e. The Morgan fingerprint density at radius 2 is 1.67 bits per heavy atom.